The number of ether oxygens (including phenoxy) is 1. The maximum absolute atomic E-state index is 5.63. The van der Waals surface area contributed by atoms with Crippen LogP contribution in [0, 0.1) is 0 Å². The predicted molar refractivity (Wildman–Crippen MR) is 68.8 cm³/mol. The molecule has 2 unspecified atom stereocenters. The monoisotopic (exact) mass is 228 g/mol. The van der Waals surface area contributed by atoms with Gasteiger partial charge in [-0.05, 0) is 52.7 Å². The molecular weight excluding hydrogens is 200 g/mol. The fraction of sp³-hybridized carbons (Fsp3) is 1.00. The van der Waals surface area contributed by atoms with Crippen molar-refractivity contribution < 1.29 is 4.74 Å². The lowest BCUT2D eigenvalue weighted by Gasteiger charge is -2.42. The minimum absolute atomic E-state index is 0.0741. The molecular formula is C13H28N2O. The molecule has 1 heterocycles. The van der Waals surface area contributed by atoms with Crippen molar-refractivity contribution in [1.82, 2.24) is 10.2 Å². The average molecular weight is 228 g/mol. The molecule has 1 rings (SSSR count). The lowest BCUT2D eigenvalue weighted by molar-refractivity contribution is -0.0601. The Morgan fingerprint density at radius 3 is 2.88 bits per heavy atom. The fourth-order valence-electron chi connectivity index (χ4n) is 2.46. The van der Waals surface area contributed by atoms with Crippen LogP contribution in [-0.2, 0) is 4.74 Å². The zero-order chi connectivity index (χ0) is 12.0. The molecule has 96 valence electrons. The van der Waals surface area contributed by atoms with Gasteiger partial charge >= 0.3 is 0 Å². The summed E-state index contributed by atoms with van der Waals surface area (Å²) in [5.74, 6) is 0. The smallest absolute Gasteiger partial charge is 0.0777 e. The van der Waals surface area contributed by atoms with Gasteiger partial charge in [0, 0.05) is 19.7 Å². The highest BCUT2D eigenvalue weighted by atomic mass is 16.5. The molecule has 16 heavy (non-hydrogen) atoms. The van der Waals surface area contributed by atoms with Crippen molar-refractivity contribution in [2.75, 3.05) is 33.3 Å². The van der Waals surface area contributed by atoms with Crippen LogP contribution in [0.5, 0.6) is 0 Å². The number of piperidine rings is 1. The Labute approximate surface area is 101 Å². The van der Waals surface area contributed by atoms with Gasteiger partial charge < -0.3 is 10.1 Å². The van der Waals surface area contributed by atoms with E-state index in [2.05, 4.69) is 31.0 Å². The highest BCUT2D eigenvalue weighted by molar-refractivity contribution is 4.86. The van der Waals surface area contributed by atoms with Crippen LogP contribution in [0.3, 0.4) is 0 Å². The van der Waals surface area contributed by atoms with Gasteiger partial charge in [0.25, 0.3) is 0 Å². The van der Waals surface area contributed by atoms with Crippen molar-refractivity contribution in [2.45, 2.75) is 51.7 Å². The predicted octanol–water partition coefficient (Wildman–Crippen LogP) is 1.88. The van der Waals surface area contributed by atoms with E-state index in [-0.39, 0.29) is 5.60 Å². The van der Waals surface area contributed by atoms with E-state index in [4.69, 9.17) is 4.74 Å². The lowest BCUT2D eigenvalue weighted by Crippen LogP contribution is -2.50. The van der Waals surface area contributed by atoms with Gasteiger partial charge in [0.05, 0.1) is 5.60 Å². The molecule has 1 aliphatic heterocycles. The maximum atomic E-state index is 5.63. The molecule has 1 saturated heterocycles. The van der Waals surface area contributed by atoms with Crippen LogP contribution in [0.1, 0.15) is 40.0 Å². The number of methoxy groups -OCH3 is 1. The average Bonchev–Trinajstić information content (AvgIpc) is 2.29. The summed E-state index contributed by atoms with van der Waals surface area (Å²) in [5.41, 5.74) is 0.0741. The first-order valence-electron chi connectivity index (χ1n) is 6.61. The highest BCUT2D eigenvalue weighted by Gasteiger charge is 2.32. The van der Waals surface area contributed by atoms with Crippen LogP contribution in [0.15, 0.2) is 0 Å². The number of likely N-dealkylation sites (tertiary alicyclic amines) is 1. The van der Waals surface area contributed by atoms with Gasteiger partial charge in [-0.15, -0.1) is 0 Å². The molecule has 0 aromatic rings. The van der Waals surface area contributed by atoms with E-state index < -0.39 is 0 Å². The van der Waals surface area contributed by atoms with Crippen LogP contribution in [0.2, 0.25) is 0 Å². The molecule has 0 bridgehead atoms. The minimum atomic E-state index is 0.0741. The molecule has 0 radical (unpaired) electrons. The van der Waals surface area contributed by atoms with Crippen molar-refractivity contribution in [3.05, 3.63) is 0 Å². The molecule has 3 heteroatoms. The molecule has 0 amide bonds. The summed E-state index contributed by atoms with van der Waals surface area (Å²) >= 11 is 0. The van der Waals surface area contributed by atoms with Crippen molar-refractivity contribution in [2.24, 2.45) is 0 Å². The van der Waals surface area contributed by atoms with Crippen molar-refractivity contribution in [3.8, 4) is 0 Å². The van der Waals surface area contributed by atoms with Gasteiger partial charge in [-0.25, -0.2) is 0 Å². The molecule has 3 nitrogen and oxygen atoms in total. The normalized spacial score (nSPS) is 29.2. The van der Waals surface area contributed by atoms with Gasteiger partial charge in [0.2, 0.25) is 0 Å². The summed E-state index contributed by atoms with van der Waals surface area (Å²) in [6, 6.07) is 0.661. The van der Waals surface area contributed by atoms with Crippen LogP contribution in [0.4, 0.5) is 0 Å². The second-order valence-electron chi connectivity index (χ2n) is 5.22. The molecule has 0 aromatic heterocycles. The highest BCUT2D eigenvalue weighted by Crippen LogP contribution is 2.25. The van der Waals surface area contributed by atoms with Gasteiger partial charge in [-0.1, -0.05) is 6.92 Å². The van der Waals surface area contributed by atoms with E-state index in [0.29, 0.717) is 6.04 Å². The van der Waals surface area contributed by atoms with Crippen LogP contribution >= 0.6 is 0 Å². The molecule has 1 aliphatic rings. The van der Waals surface area contributed by atoms with Crippen LogP contribution < -0.4 is 5.32 Å². The maximum Gasteiger partial charge on any atom is 0.0777 e. The van der Waals surface area contributed by atoms with E-state index in [1.165, 1.54) is 25.8 Å². The Bertz CT molecular complexity index is 198. The Balaban J connectivity index is 2.35. The van der Waals surface area contributed by atoms with E-state index in [1.807, 2.05) is 7.11 Å². The van der Waals surface area contributed by atoms with Gasteiger partial charge in [-0.2, -0.15) is 0 Å². The molecule has 0 saturated carbocycles. The third-order valence-electron chi connectivity index (χ3n) is 3.79. The Hall–Kier alpha value is -0.120. The summed E-state index contributed by atoms with van der Waals surface area (Å²) in [6.45, 7) is 11.2. The number of hydrogen-bond acceptors (Lipinski definition) is 3. The SMILES string of the molecule is CCNCCC(C)N1CCCC(C)(OC)C1. The number of nitrogens with one attached hydrogen (secondary N) is 1. The largest absolute Gasteiger partial charge is 0.377 e. The van der Waals surface area contributed by atoms with E-state index in [0.717, 1.165) is 19.6 Å². The van der Waals surface area contributed by atoms with Crippen molar-refractivity contribution >= 4 is 0 Å². The summed E-state index contributed by atoms with van der Waals surface area (Å²) < 4.78 is 5.63. The summed E-state index contributed by atoms with van der Waals surface area (Å²) in [6.07, 6.45) is 3.68. The van der Waals surface area contributed by atoms with Crippen LogP contribution in [-0.4, -0.2) is 49.8 Å². The molecule has 1 fully saturated rings. The Kier molecular flexibility index (Phi) is 5.73. The van der Waals surface area contributed by atoms with Crippen LogP contribution in [0.25, 0.3) is 0 Å². The standard InChI is InChI=1S/C13H28N2O/c1-5-14-9-7-12(2)15-10-6-8-13(3,11-15)16-4/h12,14H,5-11H2,1-4H3. The van der Waals surface area contributed by atoms with Gasteiger partial charge in [0.1, 0.15) is 0 Å². The molecule has 0 aliphatic carbocycles. The summed E-state index contributed by atoms with van der Waals surface area (Å²) in [7, 11) is 1.84. The Morgan fingerprint density at radius 2 is 2.25 bits per heavy atom. The number of rotatable bonds is 6. The topological polar surface area (TPSA) is 24.5 Å². The second-order valence-corrected chi connectivity index (χ2v) is 5.22. The Morgan fingerprint density at radius 1 is 1.50 bits per heavy atom. The third-order valence-corrected chi connectivity index (χ3v) is 3.79. The number of hydrogen-bond donors (Lipinski definition) is 1. The molecule has 0 aromatic carbocycles. The first kappa shape index (κ1) is 13.9. The molecule has 1 N–H and O–H groups in total. The van der Waals surface area contributed by atoms with E-state index >= 15 is 0 Å². The zero-order valence-electron chi connectivity index (χ0n) is 11.4. The zero-order valence-corrected chi connectivity index (χ0v) is 11.4. The first-order chi connectivity index (χ1) is 7.61. The molecule has 0 spiro atoms. The van der Waals surface area contributed by atoms with Gasteiger partial charge in [0.15, 0.2) is 0 Å². The second kappa shape index (κ2) is 6.58. The quantitative estimate of drug-likeness (QED) is 0.703. The fourth-order valence-corrected chi connectivity index (χ4v) is 2.46. The first-order valence-corrected chi connectivity index (χ1v) is 6.61. The van der Waals surface area contributed by atoms with Gasteiger partial charge in [-0.3, -0.25) is 4.90 Å². The lowest BCUT2D eigenvalue weighted by atomic mass is 9.93. The summed E-state index contributed by atoms with van der Waals surface area (Å²) in [4.78, 5) is 2.57. The number of nitrogens with zero attached hydrogens (tertiary/aromatic N) is 1. The van der Waals surface area contributed by atoms with E-state index in [9.17, 15) is 0 Å². The summed E-state index contributed by atoms with van der Waals surface area (Å²) in [5, 5.41) is 3.40. The van der Waals surface area contributed by atoms with Crippen molar-refractivity contribution in [3.63, 3.8) is 0 Å². The van der Waals surface area contributed by atoms with E-state index in [1.54, 1.807) is 0 Å². The van der Waals surface area contributed by atoms with Crippen molar-refractivity contribution in [1.29, 1.82) is 0 Å². The minimum Gasteiger partial charge on any atom is -0.377 e. The molecule has 2 atom stereocenters. The third kappa shape index (κ3) is 4.04.